The first-order chi connectivity index (χ1) is 11.9. The lowest BCUT2D eigenvalue weighted by Gasteiger charge is -2.11. The van der Waals surface area contributed by atoms with E-state index in [1.165, 1.54) is 6.20 Å². The molecule has 1 aromatic heterocycles. The standard InChI is InChI=1S/C20H21FN4/c1-12-5-13(2)8-16(7-12)23-19-18(21)11-22-20(25-19)24-17-9-14(3)6-15(4)10-17/h5-11H,1-4H3,(H2,22,23,24,25). The van der Waals surface area contributed by atoms with Crippen LogP contribution >= 0.6 is 0 Å². The number of hydrogen-bond acceptors (Lipinski definition) is 4. The summed E-state index contributed by atoms with van der Waals surface area (Å²) >= 11 is 0. The zero-order valence-corrected chi connectivity index (χ0v) is 14.8. The molecule has 2 aromatic carbocycles. The summed E-state index contributed by atoms with van der Waals surface area (Å²) < 4.78 is 14.1. The van der Waals surface area contributed by atoms with Crippen molar-refractivity contribution in [2.75, 3.05) is 10.6 Å². The van der Waals surface area contributed by atoms with Crippen LogP contribution < -0.4 is 10.6 Å². The third-order valence-electron chi connectivity index (χ3n) is 3.71. The predicted octanol–water partition coefficient (Wildman–Crippen LogP) is 5.34. The van der Waals surface area contributed by atoms with Crippen molar-refractivity contribution in [2.24, 2.45) is 0 Å². The number of aromatic nitrogens is 2. The van der Waals surface area contributed by atoms with Gasteiger partial charge in [-0.15, -0.1) is 0 Å². The second kappa shape index (κ2) is 6.89. The molecule has 0 aliphatic heterocycles. The summed E-state index contributed by atoms with van der Waals surface area (Å²) in [6.07, 6.45) is 1.17. The SMILES string of the molecule is Cc1cc(C)cc(Nc2ncc(F)c(Nc3cc(C)cc(C)c3)n2)c1. The summed E-state index contributed by atoms with van der Waals surface area (Å²) in [6, 6.07) is 12.0. The number of benzene rings is 2. The highest BCUT2D eigenvalue weighted by Crippen LogP contribution is 2.23. The molecule has 0 atom stereocenters. The highest BCUT2D eigenvalue weighted by atomic mass is 19.1. The average molecular weight is 336 g/mol. The molecule has 0 unspecified atom stereocenters. The highest BCUT2D eigenvalue weighted by molar-refractivity contribution is 5.61. The number of hydrogen-bond donors (Lipinski definition) is 2. The van der Waals surface area contributed by atoms with Crippen LogP contribution in [0.4, 0.5) is 27.5 Å². The Balaban J connectivity index is 1.87. The second-order valence-corrected chi connectivity index (χ2v) is 6.39. The second-order valence-electron chi connectivity index (χ2n) is 6.39. The van der Waals surface area contributed by atoms with E-state index < -0.39 is 5.82 Å². The lowest BCUT2D eigenvalue weighted by molar-refractivity contribution is 0.619. The highest BCUT2D eigenvalue weighted by Gasteiger charge is 2.09. The van der Waals surface area contributed by atoms with Crippen LogP contribution in [-0.2, 0) is 0 Å². The van der Waals surface area contributed by atoms with E-state index in [9.17, 15) is 4.39 Å². The first-order valence-corrected chi connectivity index (χ1v) is 8.12. The van der Waals surface area contributed by atoms with Crippen LogP contribution in [0.15, 0.2) is 42.6 Å². The van der Waals surface area contributed by atoms with Gasteiger partial charge in [-0.25, -0.2) is 9.37 Å². The summed E-state index contributed by atoms with van der Waals surface area (Å²) in [5, 5.41) is 6.17. The van der Waals surface area contributed by atoms with Crippen molar-refractivity contribution < 1.29 is 4.39 Å². The Hall–Kier alpha value is -2.95. The predicted molar refractivity (Wildman–Crippen MR) is 100 cm³/mol. The number of nitrogens with one attached hydrogen (secondary N) is 2. The molecule has 0 aliphatic rings. The number of nitrogens with zero attached hydrogens (tertiary/aromatic N) is 2. The molecule has 4 nitrogen and oxygen atoms in total. The first kappa shape index (κ1) is 16.9. The van der Waals surface area contributed by atoms with E-state index >= 15 is 0 Å². The maximum absolute atomic E-state index is 14.1. The minimum absolute atomic E-state index is 0.145. The fraction of sp³-hybridized carbons (Fsp3) is 0.200. The molecule has 0 bridgehead atoms. The van der Waals surface area contributed by atoms with E-state index in [1.54, 1.807) is 0 Å². The summed E-state index contributed by atoms with van der Waals surface area (Å²) in [4.78, 5) is 8.31. The Morgan fingerprint density at radius 3 is 1.72 bits per heavy atom. The molecular weight excluding hydrogens is 315 g/mol. The van der Waals surface area contributed by atoms with Gasteiger partial charge in [-0.2, -0.15) is 4.98 Å². The minimum Gasteiger partial charge on any atom is -0.338 e. The van der Waals surface area contributed by atoms with E-state index in [2.05, 4.69) is 32.7 Å². The maximum Gasteiger partial charge on any atom is 0.229 e. The molecule has 128 valence electrons. The molecule has 2 N–H and O–H groups in total. The largest absolute Gasteiger partial charge is 0.338 e. The van der Waals surface area contributed by atoms with Gasteiger partial charge in [-0.1, -0.05) is 12.1 Å². The lowest BCUT2D eigenvalue weighted by Crippen LogP contribution is -2.04. The Kier molecular flexibility index (Phi) is 4.65. The van der Waals surface area contributed by atoms with Crippen LogP contribution in [0.2, 0.25) is 0 Å². The molecule has 0 amide bonds. The summed E-state index contributed by atoms with van der Waals surface area (Å²) in [7, 11) is 0. The Morgan fingerprint density at radius 1 is 0.720 bits per heavy atom. The monoisotopic (exact) mass is 336 g/mol. The van der Waals surface area contributed by atoms with Crippen LogP contribution in [0, 0.1) is 33.5 Å². The molecule has 3 aromatic rings. The molecule has 3 rings (SSSR count). The van der Waals surface area contributed by atoms with Crippen LogP contribution in [0.1, 0.15) is 22.3 Å². The van der Waals surface area contributed by atoms with Crippen LogP contribution in [0.3, 0.4) is 0 Å². The fourth-order valence-electron chi connectivity index (χ4n) is 2.87. The summed E-state index contributed by atoms with van der Waals surface area (Å²) in [5.41, 5.74) is 6.15. The van der Waals surface area contributed by atoms with E-state index in [1.807, 2.05) is 52.0 Å². The van der Waals surface area contributed by atoms with Gasteiger partial charge in [-0.05, 0) is 74.2 Å². The molecule has 25 heavy (non-hydrogen) atoms. The Labute approximate surface area is 147 Å². The quantitative estimate of drug-likeness (QED) is 0.675. The van der Waals surface area contributed by atoms with Gasteiger partial charge in [0.2, 0.25) is 5.95 Å². The molecule has 1 heterocycles. The van der Waals surface area contributed by atoms with E-state index in [0.717, 1.165) is 33.6 Å². The van der Waals surface area contributed by atoms with Gasteiger partial charge < -0.3 is 10.6 Å². The van der Waals surface area contributed by atoms with Crippen molar-refractivity contribution in [2.45, 2.75) is 27.7 Å². The summed E-state index contributed by atoms with van der Waals surface area (Å²) in [5.74, 6) is -0.00437. The molecule has 0 aliphatic carbocycles. The number of halogens is 1. The fourth-order valence-corrected chi connectivity index (χ4v) is 2.87. The van der Waals surface area contributed by atoms with Gasteiger partial charge >= 0.3 is 0 Å². The molecule has 0 spiro atoms. The minimum atomic E-state index is -0.495. The summed E-state index contributed by atoms with van der Waals surface area (Å²) in [6.45, 7) is 8.05. The third kappa shape index (κ3) is 4.32. The van der Waals surface area contributed by atoms with Crippen molar-refractivity contribution in [3.8, 4) is 0 Å². The van der Waals surface area contributed by atoms with E-state index in [-0.39, 0.29) is 5.82 Å². The smallest absolute Gasteiger partial charge is 0.229 e. The molecule has 0 saturated carbocycles. The topological polar surface area (TPSA) is 49.8 Å². The van der Waals surface area contributed by atoms with Crippen LogP contribution in [0.5, 0.6) is 0 Å². The number of aryl methyl sites for hydroxylation is 4. The van der Waals surface area contributed by atoms with Gasteiger partial charge in [0, 0.05) is 11.4 Å². The molecule has 5 heteroatoms. The van der Waals surface area contributed by atoms with Gasteiger partial charge in [-0.3, -0.25) is 0 Å². The molecule has 0 saturated heterocycles. The normalized spacial score (nSPS) is 10.6. The Bertz CT molecular complexity index is 881. The van der Waals surface area contributed by atoms with Crippen molar-refractivity contribution >= 4 is 23.1 Å². The van der Waals surface area contributed by atoms with Crippen molar-refractivity contribution in [1.82, 2.24) is 9.97 Å². The van der Waals surface area contributed by atoms with Crippen LogP contribution in [-0.4, -0.2) is 9.97 Å². The van der Waals surface area contributed by atoms with Gasteiger partial charge in [0.25, 0.3) is 0 Å². The third-order valence-corrected chi connectivity index (χ3v) is 3.71. The van der Waals surface area contributed by atoms with Crippen molar-refractivity contribution in [3.05, 3.63) is 70.7 Å². The zero-order valence-electron chi connectivity index (χ0n) is 14.8. The van der Waals surface area contributed by atoms with Crippen LogP contribution in [0.25, 0.3) is 0 Å². The maximum atomic E-state index is 14.1. The van der Waals surface area contributed by atoms with Gasteiger partial charge in [0.1, 0.15) is 0 Å². The van der Waals surface area contributed by atoms with Gasteiger partial charge in [0.05, 0.1) is 6.20 Å². The lowest BCUT2D eigenvalue weighted by atomic mass is 10.1. The van der Waals surface area contributed by atoms with Crippen molar-refractivity contribution in [1.29, 1.82) is 0 Å². The Morgan fingerprint density at radius 2 is 1.20 bits per heavy atom. The zero-order chi connectivity index (χ0) is 18.0. The number of anilines is 4. The van der Waals surface area contributed by atoms with E-state index in [0.29, 0.717) is 5.95 Å². The average Bonchev–Trinajstić information content (AvgIpc) is 2.48. The first-order valence-electron chi connectivity index (χ1n) is 8.12. The van der Waals surface area contributed by atoms with Gasteiger partial charge in [0.15, 0.2) is 11.6 Å². The van der Waals surface area contributed by atoms with E-state index in [4.69, 9.17) is 0 Å². The molecule has 0 fully saturated rings. The molecular formula is C20H21FN4. The molecule has 0 radical (unpaired) electrons. The number of rotatable bonds is 4. The van der Waals surface area contributed by atoms with Crippen molar-refractivity contribution in [3.63, 3.8) is 0 Å².